The maximum absolute atomic E-state index is 12.2. The van der Waals surface area contributed by atoms with E-state index in [1.807, 2.05) is 0 Å². The molecule has 3 rings (SSSR count). The average molecular weight is 296 g/mol. The van der Waals surface area contributed by atoms with Crippen LogP contribution in [0.5, 0.6) is 0 Å². The summed E-state index contributed by atoms with van der Waals surface area (Å²) in [4.78, 5) is 0. The number of hydrogen-bond donors (Lipinski definition) is 1. The van der Waals surface area contributed by atoms with E-state index in [0.29, 0.717) is 12.3 Å². The van der Waals surface area contributed by atoms with E-state index >= 15 is 0 Å². The fraction of sp³-hybridized carbons (Fsp3) is 0.933. The second-order valence-corrected chi connectivity index (χ2v) is 8.87. The molecule has 0 aromatic heterocycles. The zero-order chi connectivity index (χ0) is 14.2. The third-order valence-corrected chi connectivity index (χ3v) is 6.99. The topological polar surface area (TPSA) is 70.0 Å². The number of nitrogens with zero attached hydrogens (tertiary/aromatic N) is 1. The minimum Gasteiger partial charge on any atom is -0.212 e. The maximum atomic E-state index is 12.2. The van der Waals surface area contributed by atoms with Crippen molar-refractivity contribution in [1.29, 1.82) is 5.26 Å². The lowest BCUT2D eigenvalue weighted by Gasteiger charge is -2.21. The van der Waals surface area contributed by atoms with E-state index in [4.69, 9.17) is 5.26 Å². The molecule has 1 N–H and O–H groups in total. The second-order valence-electron chi connectivity index (χ2n) is 7.12. The first-order valence-electron chi connectivity index (χ1n) is 7.91. The summed E-state index contributed by atoms with van der Waals surface area (Å²) in [7, 11) is -3.21. The van der Waals surface area contributed by atoms with Gasteiger partial charge in [-0.2, -0.15) is 5.26 Å². The number of sulfonamides is 1. The molecule has 2 atom stereocenters. The van der Waals surface area contributed by atoms with Crippen molar-refractivity contribution < 1.29 is 8.42 Å². The van der Waals surface area contributed by atoms with Crippen LogP contribution in [0.3, 0.4) is 0 Å². The standard InChI is InChI=1S/C15H24N2O2S/c16-9-8-15(6-7-15)11-20(18,19)17-14-10-13(14)12-4-2-1-3-5-12/h12-14,17H,1-8,10-11H2/t13-,14-/m1/s1. The minimum absolute atomic E-state index is 0.154. The third kappa shape index (κ3) is 3.35. The van der Waals surface area contributed by atoms with Crippen LogP contribution in [-0.2, 0) is 10.0 Å². The van der Waals surface area contributed by atoms with Crippen LogP contribution in [0.25, 0.3) is 0 Å². The van der Waals surface area contributed by atoms with Gasteiger partial charge in [0.25, 0.3) is 0 Å². The summed E-state index contributed by atoms with van der Waals surface area (Å²) in [6.07, 6.45) is 9.70. The Labute approximate surface area is 122 Å². The molecule has 3 fully saturated rings. The Balaban J connectivity index is 1.50. The van der Waals surface area contributed by atoms with Gasteiger partial charge in [-0.25, -0.2) is 13.1 Å². The molecular weight excluding hydrogens is 272 g/mol. The SMILES string of the molecule is N#CCC1(CS(=O)(=O)N[C@@H]2C[C@@H]2C2CCCCC2)CC1. The van der Waals surface area contributed by atoms with Crippen molar-refractivity contribution in [2.75, 3.05) is 5.75 Å². The van der Waals surface area contributed by atoms with Crippen LogP contribution in [-0.4, -0.2) is 20.2 Å². The maximum Gasteiger partial charge on any atom is 0.212 e. The Kier molecular flexibility index (Phi) is 3.81. The molecule has 0 heterocycles. The highest BCUT2D eigenvalue weighted by Gasteiger charge is 2.49. The molecule has 0 aromatic carbocycles. The van der Waals surface area contributed by atoms with Gasteiger partial charge >= 0.3 is 0 Å². The van der Waals surface area contributed by atoms with Gasteiger partial charge in [0.05, 0.1) is 11.8 Å². The van der Waals surface area contributed by atoms with Gasteiger partial charge in [-0.15, -0.1) is 0 Å². The molecule has 3 saturated carbocycles. The van der Waals surface area contributed by atoms with Crippen molar-refractivity contribution in [1.82, 2.24) is 4.72 Å². The Morgan fingerprint density at radius 3 is 2.50 bits per heavy atom. The summed E-state index contributed by atoms with van der Waals surface area (Å²) in [5.74, 6) is 1.48. The molecule has 0 aliphatic heterocycles. The van der Waals surface area contributed by atoms with Gasteiger partial charge in [0, 0.05) is 12.5 Å². The van der Waals surface area contributed by atoms with Crippen molar-refractivity contribution >= 4 is 10.0 Å². The fourth-order valence-electron chi connectivity index (χ4n) is 3.83. The third-order valence-electron chi connectivity index (χ3n) is 5.33. The van der Waals surface area contributed by atoms with Crippen LogP contribution in [0.1, 0.15) is 57.8 Å². The van der Waals surface area contributed by atoms with Crippen LogP contribution in [0.4, 0.5) is 0 Å². The monoisotopic (exact) mass is 296 g/mol. The van der Waals surface area contributed by atoms with Crippen LogP contribution >= 0.6 is 0 Å². The molecular formula is C15H24N2O2S. The van der Waals surface area contributed by atoms with E-state index in [1.165, 1.54) is 32.1 Å². The highest BCUT2D eigenvalue weighted by molar-refractivity contribution is 7.89. The molecule has 0 bridgehead atoms. The van der Waals surface area contributed by atoms with Crippen LogP contribution in [0.15, 0.2) is 0 Å². The Hall–Kier alpha value is -0.600. The van der Waals surface area contributed by atoms with Crippen molar-refractivity contribution in [2.45, 2.75) is 63.8 Å². The zero-order valence-electron chi connectivity index (χ0n) is 12.0. The molecule has 4 nitrogen and oxygen atoms in total. The van der Waals surface area contributed by atoms with Gasteiger partial charge in [-0.1, -0.05) is 32.1 Å². The van der Waals surface area contributed by atoms with Gasteiger partial charge < -0.3 is 0 Å². The first kappa shape index (κ1) is 14.3. The average Bonchev–Trinajstić information content (AvgIpc) is 3.29. The van der Waals surface area contributed by atoms with Crippen molar-refractivity contribution in [2.24, 2.45) is 17.3 Å². The van der Waals surface area contributed by atoms with Gasteiger partial charge in [-0.05, 0) is 36.5 Å². The quantitative estimate of drug-likeness (QED) is 0.819. The number of rotatable bonds is 6. The molecule has 0 radical (unpaired) electrons. The molecule has 0 amide bonds. The van der Waals surface area contributed by atoms with Gasteiger partial charge in [-0.3, -0.25) is 0 Å². The second kappa shape index (κ2) is 5.31. The summed E-state index contributed by atoms with van der Waals surface area (Å²) in [5.41, 5.74) is -0.226. The summed E-state index contributed by atoms with van der Waals surface area (Å²) >= 11 is 0. The number of nitrogens with one attached hydrogen (secondary N) is 1. The predicted octanol–water partition coefficient (Wildman–Crippen LogP) is 2.57. The van der Waals surface area contributed by atoms with Crippen LogP contribution in [0, 0.1) is 28.6 Å². The molecule has 0 saturated heterocycles. The van der Waals surface area contributed by atoms with Crippen molar-refractivity contribution in [3.05, 3.63) is 0 Å². The number of hydrogen-bond acceptors (Lipinski definition) is 3. The minimum atomic E-state index is -3.21. The van der Waals surface area contributed by atoms with Gasteiger partial charge in [0.2, 0.25) is 10.0 Å². The summed E-state index contributed by atoms with van der Waals surface area (Å²) in [6, 6.07) is 2.31. The lowest BCUT2D eigenvalue weighted by atomic mass is 9.86. The van der Waals surface area contributed by atoms with Crippen LogP contribution < -0.4 is 4.72 Å². The zero-order valence-corrected chi connectivity index (χ0v) is 12.8. The van der Waals surface area contributed by atoms with E-state index < -0.39 is 10.0 Å². The highest BCUT2D eigenvalue weighted by atomic mass is 32.2. The van der Waals surface area contributed by atoms with Crippen LogP contribution in [0.2, 0.25) is 0 Å². The van der Waals surface area contributed by atoms with Gasteiger partial charge in [0.15, 0.2) is 0 Å². The molecule has 0 unspecified atom stereocenters. The Morgan fingerprint density at radius 2 is 1.90 bits per heavy atom. The van der Waals surface area contributed by atoms with E-state index in [1.54, 1.807) is 0 Å². The van der Waals surface area contributed by atoms with E-state index in [9.17, 15) is 8.42 Å². The van der Waals surface area contributed by atoms with Gasteiger partial charge in [0.1, 0.15) is 0 Å². The molecule has 20 heavy (non-hydrogen) atoms. The first-order chi connectivity index (χ1) is 9.54. The molecule has 112 valence electrons. The largest absolute Gasteiger partial charge is 0.212 e. The smallest absolute Gasteiger partial charge is 0.212 e. The van der Waals surface area contributed by atoms with E-state index in [0.717, 1.165) is 25.2 Å². The Bertz CT molecular complexity index is 498. The first-order valence-corrected chi connectivity index (χ1v) is 9.56. The normalized spacial score (nSPS) is 32.5. The highest BCUT2D eigenvalue weighted by Crippen LogP contribution is 2.50. The molecule has 0 aromatic rings. The summed E-state index contributed by atoms with van der Waals surface area (Å²) in [5, 5.41) is 8.78. The lowest BCUT2D eigenvalue weighted by molar-refractivity contribution is 0.316. The Morgan fingerprint density at radius 1 is 1.20 bits per heavy atom. The van der Waals surface area contributed by atoms with Crippen molar-refractivity contribution in [3.8, 4) is 6.07 Å². The lowest BCUT2D eigenvalue weighted by Crippen LogP contribution is -2.33. The number of nitriles is 1. The molecule has 3 aliphatic rings. The molecule has 3 aliphatic carbocycles. The fourth-order valence-corrected chi connectivity index (χ4v) is 5.84. The molecule has 5 heteroatoms. The van der Waals surface area contributed by atoms with Crippen molar-refractivity contribution in [3.63, 3.8) is 0 Å². The predicted molar refractivity (Wildman–Crippen MR) is 77.3 cm³/mol. The van der Waals surface area contributed by atoms with E-state index in [2.05, 4.69) is 10.8 Å². The summed E-state index contributed by atoms with van der Waals surface area (Å²) in [6.45, 7) is 0. The summed E-state index contributed by atoms with van der Waals surface area (Å²) < 4.78 is 27.3. The molecule has 0 spiro atoms. The van der Waals surface area contributed by atoms with E-state index in [-0.39, 0.29) is 17.2 Å².